The molecule has 0 saturated carbocycles. The third-order valence-corrected chi connectivity index (χ3v) is 15.3. The maximum Gasteiger partial charge on any atom is 0.0544 e. The Morgan fingerprint density at radius 1 is 0.311 bits per heavy atom. The van der Waals surface area contributed by atoms with Crippen LogP contribution < -0.4 is 0 Å². The number of allylic oxidation sites excluding steroid dienone is 4. The van der Waals surface area contributed by atoms with E-state index >= 15 is 0 Å². The predicted octanol–water partition coefficient (Wildman–Crippen LogP) is 19.3. The highest BCUT2D eigenvalue weighted by Gasteiger charge is 2.24. The van der Waals surface area contributed by atoms with Crippen molar-refractivity contribution in [3.8, 4) is 67.0 Å². The summed E-state index contributed by atoms with van der Waals surface area (Å²) in [5.41, 5.74) is 23.0. The van der Waals surface area contributed by atoms with Crippen LogP contribution in [-0.4, -0.2) is 9.13 Å². The van der Waals surface area contributed by atoms with Gasteiger partial charge in [-0.3, -0.25) is 0 Å². The lowest BCUT2D eigenvalue weighted by atomic mass is 9.84. The van der Waals surface area contributed by atoms with E-state index in [4.69, 9.17) is 0 Å². The molecule has 2 heteroatoms. The van der Waals surface area contributed by atoms with Crippen LogP contribution in [0.5, 0.6) is 0 Å². The molecule has 0 saturated heterocycles. The van der Waals surface area contributed by atoms with E-state index in [0.29, 0.717) is 0 Å². The molecule has 0 spiro atoms. The molecule has 0 aliphatic heterocycles. The molecule has 0 bridgehead atoms. The molecule has 0 N–H and O–H groups in total. The van der Waals surface area contributed by atoms with Gasteiger partial charge >= 0.3 is 0 Å². The van der Waals surface area contributed by atoms with Crippen LogP contribution in [0.3, 0.4) is 0 Å². The van der Waals surface area contributed by atoms with Gasteiger partial charge in [0.05, 0.1) is 27.8 Å². The second kappa shape index (κ2) is 18.3. The number of hydrogen-bond donors (Lipinski definition) is 0. The summed E-state index contributed by atoms with van der Waals surface area (Å²) in [6.07, 6.45) is 7.89. The van der Waals surface area contributed by atoms with Crippen molar-refractivity contribution in [1.82, 2.24) is 9.13 Å². The molecule has 1 atom stereocenters. The van der Waals surface area contributed by atoms with Crippen LogP contribution in [0.15, 0.2) is 285 Å². The smallest absolute Gasteiger partial charge is 0.0544 e. The normalized spacial score (nSPS) is 13.5. The van der Waals surface area contributed by atoms with Crippen LogP contribution in [0.4, 0.5) is 0 Å². The molecule has 11 aromatic carbocycles. The number of rotatable bonds is 9. The lowest BCUT2D eigenvalue weighted by molar-refractivity contribution is 0.876. The summed E-state index contributed by atoms with van der Waals surface area (Å²) in [6.45, 7) is 0. The Bertz CT molecular complexity index is 4280. The molecule has 1 aliphatic carbocycles. The Morgan fingerprint density at radius 2 is 0.757 bits per heavy atom. The van der Waals surface area contributed by atoms with Crippen LogP contribution in [0, 0.1) is 0 Å². The number of fused-ring (bicyclic) bond motifs is 6. The third-order valence-electron chi connectivity index (χ3n) is 15.3. The number of hydrogen-bond acceptors (Lipinski definition) is 0. The Morgan fingerprint density at radius 3 is 1.34 bits per heavy atom. The standard InChI is InChI=1S/C72H50N2/c1-6-18-49(19-7-1)53-32-38-61(39-33-53)73-70-43-37-59(48-66(70)72-62(30-17-31-71(72)73)60-29-16-28-55(44-60)50-20-8-2-9-21-50)58-36-42-69-65(47-58)64-46-57(52-24-12-4-13-25-52)35-41-68(64)74(69)67-40-34-56(51-22-10-3-11-23-51)45-63(67)54-26-14-5-15-27-54/h1-43,45-48,60H,44H2. The van der Waals surface area contributed by atoms with Gasteiger partial charge in [0.1, 0.15) is 0 Å². The van der Waals surface area contributed by atoms with Gasteiger partial charge < -0.3 is 9.13 Å². The van der Waals surface area contributed by atoms with Crippen LogP contribution >= 0.6 is 0 Å². The van der Waals surface area contributed by atoms with Crippen LogP contribution in [0.1, 0.15) is 23.5 Å². The fourth-order valence-corrected chi connectivity index (χ4v) is 11.7. The summed E-state index contributed by atoms with van der Waals surface area (Å²) in [5.74, 6) is 0.214. The summed E-state index contributed by atoms with van der Waals surface area (Å²) in [4.78, 5) is 0. The van der Waals surface area contributed by atoms with Crippen molar-refractivity contribution < 1.29 is 0 Å². The molecule has 1 aliphatic rings. The van der Waals surface area contributed by atoms with Gasteiger partial charge in [0, 0.05) is 38.7 Å². The molecule has 2 aromatic heterocycles. The Labute approximate surface area is 431 Å². The maximum atomic E-state index is 2.49. The van der Waals surface area contributed by atoms with Gasteiger partial charge in [-0.05, 0) is 140 Å². The van der Waals surface area contributed by atoms with Gasteiger partial charge in [0.25, 0.3) is 0 Å². The SMILES string of the molecule is C1=CC(c2cccc3c2c2cc(-c4ccc5c(c4)c4cc(-c6ccccc6)ccc4n5-c4ccc(-c5ccccc5)cc4-c4ccccc4)ccc2n3-c2ccc(-c3ccccc3)cc2)CC(c2ccccc2)=C1. The van der Waals surface area contributed by atoms with Crippen molar-refractivity contribution in [2.45, 2.75) is 12.3 Å². The van der Waals surface area contributed by atoms with E-state index in [1.807, 2.05) is 0 Å². The lowest BCUT2D eigenvalue weighted by Crippen LogP contribution is -2.02. The van der Waals surface area contributed by atoms with Gasteiger partial charge in [-0.25, -0.2) is 0 Å². The third kappa shape index (κ3) is 7.59. The van der Waals surface area contributed by atoms with Crippen LogP contribution in [-0.2, 0) is 0 Å². The van der Waals surface area contributed by atoms with E-state index in [1.54, 1.807) is 0 Å². The average Bonchev–Trinajstić information content (AvgIpc) is 4.00. The summed E-state index contributed by atoms with van der Waals surface area (Å²) >= 11 is 0. The van der Waals surface area contributed by atoms with Crippen molar-refractivity contribution in [2.75, 3.05) is 0 Å². The molecular weight excluding hydrogens is 893 g/mol. The Balaban J connectivity index is 0.967. The monoisotopic (exact) mass is 942 g/mol. The Kier molecular flexibility index (Phi) is 10.7. The quantitative estimate of drug-likeness (QED) is 0.136. The maximum absolute atomic E-state index is 2.49. The van der Waals surface area contributed by atoms with E-state index in [-0.39, 0.29) is 5.92 Å². The molecule has 0 amide bonds. The molecule has 74 heavy (non-hydrogen) atoms. The van der Waals surface area contributed by atoms with Crippen molar-refractivity contribution >= 4 is 49.2 Å². The molecule has 1 unspecified atom stereocenters. The summed E-state index contributed by atoms with van der Waals surface area (Å²) in [7, 11) is 0. The largest absolute Gasteiger partial charge is 0.309 e. The van der Waals surface area contributed by atoms with E-state index in [9.17, 15) is 0 Å². The second-order valence-electron chi connectivity index (χ2n) is 19.6. The van der Waals surface area contributed by atoms with Crippen LogP contribution in [0.2, 0.25) is 0 Å². The van der Waals surface area contributed by atoms with E-state index in [1.165, 1.54) is 116 Å². The minimum Gasteiger partial charge on any atom is -0.309 e. The molecule has 13 aromatic rings. The van der Waals surface area contributed by atoms with Gasteiger partial charge in [0.15, 0.2) is 0 Å². The zero-order valence-corrected chi connectivity index (χ0v) is 40.8. The minimum absolute atomic E-state index is 0.214. The first-order valence-corrected chi connectivity index (χ1v) is 25.8. The van der Waals surface area contributed by atoms with E-state index in [0.717, 1.165) is 17.8 Å². The van der Waals surface area contributed by atoms with Crippen molar-refractivity contribution in [3.63, 3.8) is 0 Å². The molecule has 348 valence electrons. The summed E-state index contributed by atoms with van der Waals surface area (Å²) in [6, 6.07) is 98.1. The topological polar surface area (TPSA) is 9.86 Å². The predicted molar refractivity (Wildman–Crippen MR) is 313 cm³/mol. The number of benzene rings is 11. The van der Waals surface area contributed by atoms with Crippen LogP contribution in [0.25, 0.3) is 116 Å². The average molecular weight is 943 g/mol. The lowest BCUT2D eigenvalue weighted by Gasteiger charge is -2.20. The number of nitrogens with zero attached hydrogens (tertiary/aromatic N) is 2. The fourth-order valence-electron chi connectivity index (χ4n) is 11.7. The zero-order valence-electron chi connectivity index (χ0n) is 40.8. The molecule has 2 heterocycles. The minimum atomic E-state index is 0.214. The van der Waals surface area contributed by atoms with E-state index in [2.05, 4.69) is 294 Å². The number of aromatic nitrogens is 2. The fraction of sp³-hybridized carbons (Fsp3) is 0.0278. The Hall–Kier alpha value is -9.50. The summed E-state index contributed by atoms with van der Waals surface area (Å²) in [5, 5.41) is 5.00. The van der Waals surface area contributed by atoms with E-state index < -0.39 is 0 Å². The highest BCUT2D eigenvalue weighted by Crippen LogP contribution is 2.45. The second-order valence-corrected chi connectivity index (χ2v) is 19.6. The molecule has 0 radical (unpaired) electrons. The van der Waals surface area contributed by atoms with Crippen molar-refractivity contribution in [2.24, 2.45) is 0 Å². The first kappa shape index (κ1) is 43.3. The molecular formula is C72H50N2. The van der Waals surface area contributed by atoms with Gasteiger partial charge in [0.2, 0.25) is 0 Å². The van der Waals surface area contributed by atoms with Gasteiger partial charge in [-0.2, -0.15) is 0 Å². The highest BCUT2D eigenvalue weighted by molar-refractivity contribution is 6.14. The van der Waals surface area contributed by atoms with Gasteiger partial charge in [-0.15, -0.1) is 0 Å². The zero-order chi connectivity index (χ0) is 49.0. The molecule has 0 fully saturated rings. The highest BCUT2D eigenvalue weighted by atomic mass is 15.0. The van der Waals surface area contributed by atoms with Gasteiger partial charge in [-0.1, -0.05) is 218 Å². The van der Waals surface area contributed by atoms with Crippen molar-refractivity contribution in [1.29, 1.82) is 0 Å². The first-order valence-electron chi connectivity index (χ1n) is 25.8. The first-order chi connectivity index (χ1) is 36.7. The summed E-state index contributed by atoms with van der Waals surface area (Å²) < 4.78 is 4.96. The molecule has 2 nitrogen and oxygen atoms in total. The molecule has 14 rings (SSSR count). The van der Waals surface area contributed by atoms with Crippen molar-refractivity contribution in [3.05, 3.63) is 296 Å².